The van der Waals surface area contributed by atoms with Gasteiger partial charge in [0.05, 0.1) is 0 Å². The zero-order chi connectivity index (χ0) is 7.49. The summed E-state index contributed by atoms with van der Waals surface area (Å²) < 4.78 is 4.83. The van der Waals surface area contributed by atoms with Gasteiger partial charge in [-0.2, -0.15) is 0 Å². The molecule has 0 N–H and O–H groups in total. The third-order valence-corrected chi connectivity index (χ3v) is 0.573. The van der Waals surface area contributed by atoms with E-state index in [1.165, 1.54) is 0 Å². The summed E-state index contributed by atoms with van der Waals surface area (Å²) in [6.07, 6.45) is 1.16. The number of ether oxygens (including phenoxy) is 1. The Balaban J connectivity index is 0. The van der Waals surface area contributed by atoms with Gasteiger partial charge < -0.3 is 4.74 Å². The molecule has 0 aromatic heterocycles. The van der Waals surface area contributed by atoms with Crippen LogP contribution in [0.5, 0.6) is 0 Å². The fraction of sp³-hybridized carbons (Fsp3) is 0.571. The average Bonchev–Trinajstić information content (AvgIpc) is 1.62. The predicted octanol–water partition coefficient (Wildman–Crippen LogP) is 0.598. The van der Waals surface area contributed by atoms with E-state index < -0.39 is 5.60 Å². The molecule has 0 radical (unpaired) electrons. The van der Waals surface area contributed by atoms with Gasteiger partial charge in [0.25, 0.3) is 0 Å². The van der Waals surface area contributed by atoms with Gasteiger partial charge >= 0.3 is 43.7 Å². The van der Waals surface area contributed by atoms with E-state index in [1.54, 1.807) is 0 Å². The van der Waals surface area contributed by atoms with Crippen LogP contribution in [0.15, 0.2) is 12.7 Å². The van der Waals surface area contributed by atoms with Gasteiger partial charge in [0.2, 0.25) is 0 Å². The summed E-state index contributed by atoms with van der Waals surface area (Å²) in [4.78, 5) is 10.5. The van der Waals surface area contributed by atoms with E-state index in [4.69, 9.17) is 4.74 Å². The van der Waals surface area contributed by atoms with E-state index in [1.807, 2.05) is 20.8 Å². The van der Waals surface area contributed by atoms with Gasteiger partial charge in [-0.3, -0.25) is 0 Å². The van der Waals surface area contributed by atoms with Gasteiger partial charge in [-0.1, -0.05) is 6.58 Å². The number of carbonyl (C=O) groups excluding carboxylic acids is 1. The summed E-state index contributed by atoms with van der Waals surface area (Å²) in [6.45, 7) is 8.71. The van der Waals surface area contributed by atoms with Crippen LogP contribution in [-0.2, 0) is 9.53 Å². The third-order valence-electron chi connectivity index (χ3n) is 0.573. The summed E-state index contributed by atoms with van der Waals surface area (Å²) in [5.41, 5.74) is -0.398. The molecule has 0 aliphatic heterocycles. The second-order valence-electron chi connectivity index (χ2n) is 2.74. The molecule has 0 fully saturated rings. The molecule has 3 heteroatoms. The van der Waals surface area contributed by atoms with Crippen LogP contribution in [0.2, 0.25) is 0 Å². The Morgan fingerprint density at radius 3 is 2.00 bits per heavy atom. The van der Waals surface area contributed by atoms with Gasteiger partial charge in [-0.25, -0.2) is 4.79 Å². The van der Waals surface area contributed by atoms with E-state index in [0.717, 1.165) is 6.08 Å². The molecule has 0 saturated heterocycles. The molecule has 0 aliphatic carbocycles. The first-order chi connectivity index (χ1) is 3.95. The molecule has 0 bridgehead atoms. The number of rotatable bonds is 1. The molecule has 56 valence electrons. The summed E-state index contributed by atoms with van der Waals surface area (Å²) in [5, 5.41) is 0. The van der Waals surface area contributed by atoms with Crippen molar-refractivity contribution in [3.63, 3.8) is 0 Å². The number of hydrogen-bond acceptors (Lipinski definition) is 2. The van der Waals surface area contributed by atoms with E-state index in [9.17, 15) is 4.79 Å². The molecular formula is C7H14CaO2. The van der Waals surface area contributed by atoms with Crippen molar-refractivity contribution in [2.45, 2.75) is 26.4 Å². The predicted molar refractivity (Wildman–Crippen MR) is 44.6 cm³/mol. The van der Waals surface area contributed by atoms with Crippen molar-refractivity contribution in [3.8, 4) is 0 Å². The van der Waals surface area contributed by atoms with Gasteiger partial charge in [0, 0.05) is 6.08 Å². The molecule has 0 heterocycles. The normalized spacial score (nSPS) is 9.50. The zero-order valence-corrected chi connectivity index (χ0v) is 6.10. The van der Waals surface area contributed by atoms with Crippen molar-refractivity contribution < 1.29 is 9.53 Å². The van der Waals surface area contributed by atoms with E-state index >= 15 is 0 Å². The summed E-state index contributed by atoms with van der Waals surface area (Å²) in [6, 6.07) is 0. The fourth-order valence-electron chi connectivity index (χ4n) is 0.343. The van der Waals surface area contributed by atoms with Crippen LogP contribution >= 0.6 is 0 Å². The van der Waals surface area contributed by atoms with Crippen LogP contribution in [0.25, 0.3) is 0 Å². The Morgan fingerprint density at radius 1 is 1.50 bits per heavy atom. The molecule has 0 aliphatic rings. The van der Waals surface area contributed by atoms with Crippen molar-refractivity contribution in [2.24, 2.45) is 0 Å². The average molecular weight is 170 g/mol. The first kappa shape index (κ1) is 13.1. The van der Waals surface area contributed by atoms with Crippen molar-refractivity contribution in [3.05, 3.63) is 12.7 Å². The second-order valence-corrected chi connectivity index (χ2v) is 2.74. The van der Waals surface area contributed by atoms with Crippen LogP contribution in [0.1, 0.15) is 20.8 Å². The van der Waals surface area contributed by atoms with Gasteiger partial charge in [-0.15, -0.1) is 0 Å². The van der Waals surface area contributed by atoms with Crippen molar-refractivity contribution in [1.29, 1.82) is 0 Å². The number of carbonyl (C=O) groups is 1. The number of hydrogen-bond donors (Lipinski definition) is 0. The Morgan fingerprint density at radius 2 is 1.90 bits per heavy atom. The molecule has 2 nitrogen and oxygen atoms in total. The molecule has 0 saturated carbocycles. The minimum absolute atomic E-state index is 0. The molecule has 0 aromatic carbocycles. The SMILES string of the molecule is C=CC(=O)OC(C)(C)C.[CaH2]. The molecule has 0 spiro atoms. The standard InChI is InChI=1S/C7H12O2.Ca.2H/c1-5-6(8)9-7(2,3)4;;;/h5H,1H2,2-4H3;;;. The molecule has 0 rings (SSSR count). The first-order valence-electron chi connectivity index (χ1n) is 2.81. The van der Waals surface area contributed by atoms with Crippen LogP contribution in [-0.4, -0.2) is 49.3 Å². The van der Waals surface area contributed by atoms with E-state index in [-0.39, 0.29) is 43.7 Å². The number of esters is 1. The Bertz CT molecular complexity index is 124. The van der Waals surface area contributed by atoms with Gasteiger partial charge in [-0.05, 0) is 20.8 Å². The molecule has 0 aromatic rings. The maximum absolute atomic E-state index is 10.5. The third kappa shape index (κ3) is 8.47. The summed E-state index contributed by atoms with van der Waals surface area (Å²) in [5.74, 6) is -0.373. The summed E-state index contributed by atoms with van der Waals surface area (Å²) >= 11 is 0. The van der Waals surface area contributed by atoms with Crippen LogP contribution in [0.4, 0.5) is 0 Å². The summed E-state index contributed by atoms with van der Waals surface area (Å²) in [7, 11) is 0. The fourth-order valence-corrected chi connectivity index (χ4v) is 0.343. The van der Waals surface area contributed by atoms with Crippen molar-refractivity contribution in [2.75, 3.05) is 0 Å². The minimum atomic E-state index is -0.398. The van der Waals surface area contributed by atoms with E-state index in [0.29, 0.717) is 0 Å². The Hall–Kier alpha value is 0.470. The van der Waals surface area contributed by atoms with Crippen molar-refractivity contribution in [1.82, 2.24) is 0 Å². The quantitative estimate of drug-likeness (QED) is 0.327. The first-order valence-corrected chi connectivity index (χ1v) is 2.81. The van der Waals surface area contributed by atoms with E-state index in [2.05, 4.69) is 6.58 Å². The topological polar surface area (TPSA) is 26.3 Å². The zero-order valence-electron chi connectivity index (χ0n) is 6.10. The second kappa shape index (κ2) is 5.16. The van der Waals surface area contributed by atoms with Crippen LogP contribution in [0.3, 0.4) is 0 Å². The maximum atomic E-state index is 10.5. The monoisotopic (exact) mass is 170 g/mol. The van der Waals surface area contributed by atoms with Gasteiger partial charge in [0.15, 0.2) is 0 Å². The van der Waals surface area contributed by atoms with Crippen molar-refractivity contribution >= 4 is 43.7 Å². The van der Waals surface area contributed by atoms with Crippen LogP contribution in [0, 0.1) is 0 Å². The molecule has 0 amide bonds. The van der Waals surface area contributed by atoms with Crippen LogP contribution < -0.4 is 0 Å². The molecule has 0 unspecified atom stereocenters. The van der Waals surface area contributed by atoms with Gasteiger partial charge in [0.1, 0.15) is 5.60 Å². The molecule has 10 heavy (non-hydrogen) atoms. The molecular weight excluding hydrogens is 156 g/mol. The Labute approximate surface area is 91.6 Å². The Kier molecular flexibility index (Phi) is 6.76. The molecule has 0 atom stereocenters.